The first kappa shape index (κ1) is 20.3. The average Bonchev–Trinajstić information content (AvgIpc) is 2.57. The number of allylic oxidation sites excluding steroid dienone is 2. The Morgan fingerprint density at radius 3 is 2.36 bits per heavy atom. The number of benzene rings is 1. The monoisotopic (exact) mass is 346 g/mol. The van der Waals surface area contributed by atoms with Crippen molar-refractivity contribution in [2.75, 3.05) is 6.61 Å². The van der Waals surface area contributed by atoms with Crippen LogP contribution in [0.1, 0.15) is 32.3 Å². The van der Waals surface area contributed by atoms with Gasteiger partial charge >= 0.3 is 11.9 Å². The molecule has 6 heteroatoms. The molecule has 0 aliphatic carbocycles. The Morgan fingerprint density at radius 2 is 1.84 bits per heavy atom. The van der Waals surface area contributed by atoms with Gasteiger partial charge < -0.3 is 14.3 Å². The summed E-state index contributed by atoms with van der Waals surface area (Å²) in [6, 6.07) is 6.90. The van der Waals surface area contributed by atoms with Crippen molar-refractivity contribution >= 4 is 24.5 Å². The molecule has 0 bridgehead atoms. The number of esters is 2. The Kier molecular flexibility index (Phi) is 8.85. The Morgan fingerprint density at radius 1 is 1.16 bits per heavy atom. The molecular formula is C19H22O6. The van der Waals surface area contributed by atoms with Crippen molar-refractivity contribution in [2.24, 2.45) is 5.92 Å². The zero-order valence-corrected chi connectivity index (χ0v) is 14.4. The van der Waals surface area contributed by atoms with Crippen LogP contribution in [-0.2, 0) is 30.3 Å². The Labute approximate surface area is 146 Å². The zero-order valence-electron chi connectivity index (χ0n) is 14.4. The second-order valence-electron chi connectivity index (χ2n) is 5.42. The third-order valence-electron chi connectivity index (χ3n) is 3.57. The number of hydrogen-bond acceptors (Lipinski definition) is 6. The lowest BCUT2D eigenvalue weighted by molar-refractivity contribution is -0.144. The molecule has 25 heavy (non-hydrogen) atoms. The van der Waals surface area contributed by atoms with Crippen LogP contribution in [0, 0.1) is 5.92 Å². The van der Waals surface area contributed by atoms with Gasteiger partial charge in [-0.2, -0.15) is 0 Å². The summed E-state index contributed by atoms with van der Waals surface area (Å²) < 4.78 is 10.1. The van der Waals surface area contributed by atoms with E-state index in [1.807, 2.05) is 0 Å². The minimum atomic E-state index is -0.454. The molecule has 1 atom stereocenters. The maximum Gasteiger partial charge on any atom is 0.308 e. The fraction of sp³-hybridized carbons (Fsp3) is 0.368. The van der Waals surface area contributed by atoms with Gasteiger partial charge in [-0.15, -0.1) is 0 Å². The fourth-order valence-electron chi connectivity index (χ4n) is 2.29. The Balaban J connectivity index is 2.46. The predicted octanol–water partition coefficient (Wildman–Crippen LogP) is 2.44. The first-order chi connectivity index (χ1) is 12.0. The van der Waals surface area contributed by atoms with Gasteiger partial charge in [-0.1, -0.05) is 18.2 Å². The number of hydrogen-bond donors (Lipinski definition) is 0. The molecule has 0 unspecified atom stereocenters. The first-order valence-corrected chi connectivity index (χ1v) is 7.98. The molecule has 0 fully saturated rings. The zero-order chi connectivity index (χ0) is 18.7. The number of aldehydes is 2. The van der Waals surface area contributed by atoms with Crippen molar-refractivity contribution in [3.8, 4) is 5.75 Å². The summed E-state index contributed by atoms with van der Waals surface area (Å²) >= 11 is 0. The summed E-state index contributed by atoms with van der Waals surface area (Å²) in [5, 5.41) is 0. The SMILES string of the molecule is CC=C(C=O)[C@@H](CC=O)CC(=O)OCCc1ccc(OC(C)=O)cc1. The quantitative estimate of drug-likeness (QED) is 0.280. The molecule has 0 amide bonds. The summed E-state index contributed by atoms with van der Waals surface area (Å²) in [4.78, 5) is 44.4. The van der Waals surface area contributed by atoms with Gasteiger partial charge in [0.2, 0.25) is 0 Å². The lowest BCUT2D eigenvalue weighted by Gasteiger charge is -2.13. The van der Waals surface area contributed by atoms with E-state index in [0.717, 1.165) is 5.56 Å². The van der Waals surface area contributed by atoms with Gasteiger partial charge in [0.25, 0.3) is 0 Å². The topological polar surface area (TPSA) is 86.7 Å². The summed E-state index contributed by atoms with van der Waals surface area (Å²) in [5.41, 5.74) is 1.35. The van der Waals surface area contributed by atoms with Gasteiger partial charge in [0, 0.05) is 25.7 Å². The van der Waals surface area contributed by atoms with E-state index in [2.05, 4.69) is 0 Å². The van der Waals surface area contributed by atoms with Crippen LogP contribution in [0.2, 0.25) is 0 Å². The van der Waals surface area contributed by atoms with Gasteiger partial charge in [-0.05, 0) is 30.2 Å². The molecule has 0 radical (unpaired) electrons. The van der Waals surface area contributed by atoms with Gasteiger partial charge in [0.15, 0.2) is 0 Å². The highest BCUT2D eigenvalue weighted by atomic mass is 16.5. The van der Waals surface area contributed by atoms with E-state index < -0.39 is 11.9 Å². The molecule has 0 aromatic heterocycles. The van der Waals surface area contributed by atoms with Gasteiger partial charge in [-0.3, -0.25) is 14.4 Å². The van der Waals surface area contributed by atoms with Crippen molar-refractivity contribution in [1.82, 2.24) is 0 Å². The van der Waals surface area contributed by atoms with Crippen molar-refractivity contribution in [3.63, 3.8) is 0 Å². The van der Waals surface area contributed by atoms with Gasteiger partial charge in [-0.25, -0.2) is 0 Å². The first-order valence-electron chi connectivity index (χ1n) is 7.98. The highest BCUT2D eigenvalue weighted by Crippen LogP contribution is 2.18. The second-order valence-corrected chi connectivity index (χ2v) is 5.42. The van der Waals surface area contributed by atoms with Crippen molar-refractivity contribution in [2.45, 2.75) is 33.1 Å². The van der Waals surface area contributed by atoms with E-state index >= 15 is 0 Å². The maximum absolute atomic E-state index is 11.9. The van der Waals surface area contributed by atoms with Crippen LogP contribution in [0.15, 0.2) is 35.9 Å². The highest BCUT2D eigenvalue weighted by Gasteiger charge is 2.18. The standard InChI is InChI=1S/C19H22O6/c1-3-16(13-21)17(8-10-20)12-19(23)24-11-9-15-4-6-18(7-5-15)25-14(2)22/h3-7,10,13,17H,8-9,11-12H2,1-2H3/t17-/m0/s1. The maximum atomic E-state index is 11.9. The van der Waals surface area contributed by atoms with Crippen molar-refractivity contribution in [3.05, 3.63) is 41.5 Å². The average molecular weight is 346 g/mol. The molecule has 0 N–H and O–H groups in total. The summed E-state index contributed by atoms with van der Waals surface area (Å²) in [6.07, 6.45) is 3.54. The second kappa shape index (κ2) is 10.9. The van der Waals surface area contributed by atoms with Gasteiger partial charge in [0.1, 0.15) is 18.3 Å². The summed E-state index contributed by atoms with van der Waals surface area (Å²) in [6.45, 7) is 3.20. The predicted molar refractivity (Wildman–Crippen MR) is 91.0 cm³/mol. The van der Waals surface area contributed by atoms with Crippen LogP contribution in [0.5, 0.6) is 5.75 Å². The number of rotatable bonds is 10. The molecular weight excluding hydrogens is 324 g/mol. The summed E-state index contributed by atoms with van der Waals surface area (Å²) in [5.74, 6) is -0.833. The number of ether oxygens (including phenoxy) is 2. The smallest absolute Gasteiger partial charge is 0.308 e. The van der Waals surface area contributed by atoms with Gasteiger partial charge in [0.05, 0.1) is 13.0 Å². The molecule has 0 saturated carbocycles. The van der Waals surface area contributed by atoms with E-state index in [1.165, 1.54) is 6.92 Å². The van der Waals surface area contributed by atoms with Crippen molar-refractivity contribution in [1.29, 1.82) is 0 Å². The Hall–Kier alpha value is -2.76. The van der Waals surface area contributed by atoms with Crippen LogP contribution >= 0.6 is 0 Å². The molecule has 0 aliphatic heterocycles. The minimum absolute atomic E-state index is 0.0114. The highest BCUT2D eigenvalue weighted by molar-refractivity contribution is 5.78. The molecule has 0 heterocycles. The molecule has 0 spiro atoms. The van der Waals surface area contributed by atoms with Crippen LogP contribution in [0.4, 0.5) is 0 Å². The molecule has 6 nitrogen and oxygen atoms in total. The summed E-state index contributed by atoms with van der Waals surface area (Å²) in [7, 11) is 0. The molecule has 1 aromatic rings. The molecule has 0 aliphatic rings. The lowest BCUT2D eigenvalue weighted by Crippen LogP contribution is -2.16. The van der Waals surface area contributed by atoms with Crippen LogP contribution in [0.25, 0.3) is 0 Å². The van der Waals surface area contributed by atoms with Crippen molar-refractivity contribution < 1.29 is 28.7 Å². The van der Waals surface area contributed by atoms with E-state index in [4.69, 9.17) is 9.47 Å². The Bertz CT molecular complexity index is 630. The molecule has 0 saturated heterocycles. The van der Waals surface area contributed by atoms with E-state index in [9.17, 15) is 19.2 Å². The lowest BCUT2D eigenvalue weighted by atomic mass is 9.93. The van der Waals surface area contributed by atoms with Crippen LogP contribution in [-0.4, -0.2) is 31.1 Å². The van der Waals surface area contributed by atoms with Crippen LogP contribution < -0.4 is 4.74 Å². The number of carbonyl (C=O) groups excluding carboxylic acids is 4. The molecule has 1 aromatic carbocycles. The van der Waals surface area contributed by atoms with E-state index in [0.29, 0.717) is 30.3 Å². The third-order valence-corrected chi connectivity index (χ3v) is 3.57. The minimum Gasteiger partial charge on any atom is -0.465 e. The van der Waals surface area contributed by atoms with E-state index in [-0.39, 0.29) is 25.4 Å². The van der Waals surface area contributed by atoms with E-state index in [1.54, 1.807) is 37.3 Å². The fourth-order valence-corrected chi connectivity index (χ4v) is 2.29. The molecule has 134 valence electrons. The van der Waals surface area contributed by atoms with Crippen LogP contribution in [0.3, 0.4) is 0 Å². The largest absolute Gasteiger partial charge is 0.465 e. The number of carbonyl (C=O) groups is 4. The third kappa shape index (κ3) is 7.56. The molecule has 1 rings (SSSR count). The normalized spacial score (nSPS) is 12.2.